The minimum atomic E-state index is -0.164. The number of aromatic amines is 1. The normalized spacial score (nSPS) is 18.0. The first kappa shape index (κ1) is 14.5. The molecule has 5 heteroatoms. The zero-order valence-electron chi connectivity index (χ0n) is 12.7. The molecular formula is C17H20N4O. The van der Waals surface area contributed by atoms with Gasteiger partial charge in [-0.05, 0) is 44.1 Å². The average Bonchev–Trinajstić information content (AvgIpc) is 2.53. The van der Waals surface area contributed by atoms with Crippen molar-refractivity contribution in [1.29, 1.82) is 0 Å². The Morgan fingerprint density at radius 1 is 1.23 bits per heavy atom. The van der Waals surface area contributed by atoms with Gasteiger partial charge >= 0.3 is 0 Å². The van der Waals surface area contributed by atoms with Crippen molar-refractivity contribution in [1.82, 2.24) is 9.97 Å². The standard InChI is InChI=1S/C17H20N4O/c1-12-11-16(22)19-17(18-12)21-20-15-9-7-14(8-10-15)13-5-3-2-4-6-13/h2-6,11,14H,7-10H2,1H3,(H2,18,19,21,22). The Morgan fingerprint density at radius 3 is 2.64 bits per heavy atom. The summed E-state index contributed by atoms with van der Waals surface area (Å²) in [5.74, 6) is 1.03. The van der Waals surface area contributed by atoms with E-state index in [0.717, 1.165) is 31.4 Å². The molecule has 1 saturated carbocycles. The Morgan fingerprint density at radius 2 is 1.95 bits per heavy atom. The van der Waals surface area contributed by atoms with Gasteiger partial charge in [0.1, 0.15) is 0 Å². The number of anilines is 1. The lowest BCUT2D eigenvalue weighted by Gasteiger charge is -2.23. The highest BCUT2D eigenvalue weighted by Gasteiger charge is 2.19. The van der Waals surface area contributed by atoms with Gasteiger partial charge in [-0.3, -0.25) is 9.78 Å². The van der Waals surface area contributed by atoms with Gasteiger partial charge in [0.2, 0.25) is 5.95 Å². The number of H-pyrrole nitrogens is 1. The molecule has 5 nitrogen and oxygen atoms in total. The first-order valence-electron chi connectivity index (χ1n) is 7.65. The van der Waals surface area contributed by atoms with Crippen molar-refractivity contribution >= 4 is 11.7 Å². The molecule has 1 aliphatic carbocycles. The molecule has 1 fully saturated rings. The minimum Gasteiger partial charge on any atom is -0.291 e. The quantitative estimate of drug-likeness (QED) is 0.854. The number of rotatable bonds is 3. The molecule has 0 radical (unpaired) electrons. The largest absolute Gasteiger partial charge is 0.291 e. The van der Waals surface area contributed by atoms with Gasteiger partial charge in [0.15, 0.2) is 0 Å². The van der Waals surface area contributed by atoms with E-state index in [2.05, 4.69) is 50.8 Å². The summed E-state index contributed by atoms with van der Waals surface area (Å²) < 4.78 is 0. The van der Waals surface area contributed by atoms with E-state index in [1.807, 2.05) is 0 Å². The Bertz CT molecular complexity index is 711. The maximum atomic E-state index is 11.4. The second-order valence-corrected chi connectivity index (χ2v) is 5.71. The molecular weight excluding hydrogens is 276 g/mol. The Balaban J connectivity index is 1.60. The molecule has 0 spiro atoms. The van der Waals surface area contributed by atoms with Crippen molar-refractivity contribution in [3.8, 4) is 0 Å². The van der Waals surface area contributed by atoms with Gasteiger partial charge in [-0.15, -0.1) is 0 Å². The lowest BCUT2D eigenvalue weighted by molar-refractivity contribution is 0.566. The first-order chi connectivity index (χ1) is 10.7. The Labute approximate surface area is 129 Å². The molecule has 0 unspecified atom stereocenters. The van der Waals surface area contributed by atoms with Crippen LogP contribution in [0, 0.1) is 6.92 Å². The van der Waals surface area contributed by atoms with Crippen LogP contribution < -0.4 is 11.0 Å². The molecule has 2 N–H and O–H groups in total. The summed E-state index contributed by atoms with van der Waals surface area (Å²) in [6.45, 7) is 1.79. The highest BCUT2D eigenvalue weighted by atomic mass is 16.1. The van der Waals surface area contributed by atoms with Crippen molar-refractivity contribution in [2.24, 2.45) is 5.10 Å². The molecule has 0 amide bonds. The zero-order chi connectivity index (χ0) is 15.4. The van der Waals surface area contributed by atoms with E-state index in [4.69, 9.17) is 0 Å². The average molecular weight is 296 g/mol. The van der Waals surface area contributed by atoms with Crippen molar-refractivity contribution in [2.75, 3.05) is 5.43 Å². The molecule has 2 aromatic rings. The smallest absolute Gasteiger partial charge is 0.252 e. The molecule has 1 aromatic carbocycles. The third-order valence-electron chi connectivity index (χ3n) is 4.02. The summed E-state index contributed by atoms with van der Waals surface area (Å²) in [6.07, 6.45) is 4.18. The first-order valence-corrected chi connectivity index (χ1v) is 7.65. The second-order valence-electron chi connectivity index (χ2n) is 5.71. The number of hydrogen-bond acceptors (Lipinski definition) is 4. The van der Waals surface area contributed by atoms with Gasteiger partial charge in [-0.25, -0.2) is 10.4 Å². The monoisotopic (exact) mass is 296 g/mol. The number of hydrazone groups is 1. The van der Waals surface area contributed by atoms with Crippen LogP contribution in [0.15, 0.2) is 46.3 Å². The highest BCUT2D eigenvalue weighted by Crippen LogP contribution is 2.31. The molecule has 1 heterocycles. The van der Waals surface area contributed by atoms with Crippen LogP contribution in [0.1, 0.15) is 42.9 Å². The van der Waals surface area contributed by atoms with E-state index in [-0.39, 0.29) is 5.56 Å². The molecule has 114 valence electrons. The van der Waals surface area contributed by atoms with Gasteiger partial charge in [0.25, 0.3) is 5.56 Å². The van der Waals surface area contributed by atoms with E-state index in [0.29, 0.717) is 17.6 Å². The van der Waals surface area contributed by atoms with Crippen molar-refractivity contribution in [2.45, 2.75) is 38.5 Å². The van der Waals surface area contributed by atoms with Crippen LogP contribution in [-0.4, -0.2) is 15.7 Å². The van der Waals surface area contributed by atoms with Crippen LogP contribution in [-0.2, 0) is 0 Å². The summed E-state index contributed by atoms with van der Waals surface area (Å²) in [4.78, 5) is 18.2. The summed E-state index contributed by atoms with van der Waals surface area (Å²) in [5.41, 5.74) is 5.94. The molecule has 1 aromatic heterocycles. The SMILES string of the molecule is Cc1cc(=O)[nH]c(NN=C2CCC(c3ccccc3)CC2)n1. The van der Waals surface area contributed by atoms with Crippen LogP contribution in [0.25, 0.3) is 0 Å². The summed E-state index contributed by atoms with van der Waals surface area (Å²) in [6, 6.07) is 12.1. The molecule has 0 aliphatic heterocycles. The predicted molar refractivity (Wildman–Crippen MR) is 88.3 cm³/mol. The summed E-state index contributed by atoms with van der Waals surface area (Å²) in [7, 11) is 0. The maximum Gasteiger partial charge on any atom is 0.252 e. The van der Waals surface area contributed by atoms with Crippen LogP contribution in [0.2, 0.25) is 0 Å². The van der Waals surface area contributed by atoms with Crippen LogP contribution in [0.4, 0.5) is 5.95 Å². The fourth-order valence-corrected chi connectivity index (χ4v) is 2.89. The third-order valence-corrected chi connectivity index (χ3v) is 4.02. The summed E-state index contributed by atoms with van der Waals surface area (Å²) >= 11 is 0. The number of hydrogen-bond donors (Lipinski definition) is 2. The second kappa shape index (κ2) is 6.56. The van der Waals surface area contributed by atoms with Crippen molar-refractivity contribution in [3.05, 3.63) is 58.0 Å². The van der Waals surface area contributed by atoms with Crippen LogP contribution in [0.5, 0.6) is 0 Å². The maximum absolute atomic E-state index is 11.4. The van der Waals surface area contributed by atoms with Gasteiger partial charge in [0, 0.05) is 17.5 Å². The van der Waals surface area contributed by atoms with E-state index in [1.165, 1.54) is 11.6 Å². The topological polar surface area (TPSA) is 70.1 Å². The van der Waals surface area contributed by atoms with Gasteiger partial charge < -0.3 is 0 Å². The molecule has 1 aliphatic rings. The number of aryl methyl sites for hydroxylation is 1. The summed E-state index contributed by atoms with van der Waals surface area (Å²) in [5, 5.41) is 4.40. The van der Waals surface area contributed by atoms with Crippen LogP contribution in [0.3, 0.4) is 0 Å². The molecule has 0 saturated heterocycles. The molecule has 0 bridgehead atoms. The van der Waals surface area contributed by atoms with Crippen molar-refractivity contribution in [3.63, 3.8) is 0 Å². The molecule has 3 rings (SSSR count). The number of nitrogens with one attached hydrogen (secondary N) is 2. The Kier molecular flexibility index (Phi) is 4.32. The van der Waals surface area contributed by atoms with Crippen molar-refractivity contribution < 1.29 is 0 Å². The van der Waals surface area contributed by atoms with E-state index in [9.17, 15) is 4.79 Å². The highest BCUT2D eigenvalue weighted by molar-refractivity contribution is 5.85. The number of nitrogens with zero attached hydrogens (tertiary/aromatic N) is 2. The van der Waals surface area contributed by atoms with E-state index in [1.54, 1.807) is 6.92 Å². The van der Waals surface area contributed by atoms with Gasteiger partial charge in [-0.2, -0.15) is 5.10 Å². The Hall–Kier alpha value is -2.43. The predicted octanol–water partition coefficient (Wildman–Crippen LogP) is 3.20. The fourth-order valence-electron chi connectivity index (χ4n) is 2.89. The minimum absolute atomic E-state index is 0.164. The number of benzene rings is 1. The van der Waals surface area contributed by atoms with E-state index < -0.39 is 0 Å². The third kappa shape index (κ3) is 3.61. The fraction of sp³-hybridized carbons (Fsp3) is 0.353. The van der Waals surface area contributed by atoms with Gasteiger partial charge in [0.05, 0.1) is 0 Å². The lowest BCUT2D eigenvalue weighted by Crippen LogP contribution is -2.15. The van der Waals surface area contributed by atoms with E-state index >= 15 is 0 Å². The molecule has 22 heavy (non-hydrogen) atoms. The van der Waals surface area contributed by atoms with Gasteiger partial charge in [-0.1, -0.05) is 30.3 Å². The molecule has 0 atom stereocenters. The zero-order valence-corrected chi connectivity index (χ0v) is 12.7. The number of aromatic nitrogens is 2. The lowest BCUT2D eigenvalue weighted by atomic mass is 9.83. The van der Waals surface area contributed by atoms with Crippen LogP contribution >= 0.6 is 0 Å².